The van der Waals surface area contributed by atoms with E-state index in [1.807, 2.05) is 54.6 Å². The zero-order valence-corrected chi connectivity index (χ0v) is 39.5. The number of esters is 2. The molecule has 0 spiro atoms. The highest BCUT2D eigenvalue weighted by Gasteiger charge is 2.38. The first kappa shape index (κ1) is 49.5. The summed E-state index contributed by atoms with van der Waals surface area (Å²) in [7, 11) is -4.40. The van der Waals surface area contributed by atoms with Gasteiger partial charge < -0.3 is 19.5 Å². The molecule has 3 atom stereocenters. The van der Waals surface area contributed by atoms with Crippen LogP contribution in [-0.4, -0.2) is 43.4 Å². The molecule has 0 aliphatic carbocycles. The molecule has 0 aliphatic heterocycles. The molecule has 0 radical (unpaired) electrons. The Morgan fingerprint density at radius 1 is 0.559 bits per heavy atom. The average Bonchev–Trinajstić information content (AvgIpc) is 3.37. The van der Waals surface area contributed by atoms with Crippen LogP contribution in [0.25, 0.3) is 38.4 Å². The predicted molar refractivity (Wildman–Crippen MR) is 267 cm³/mol. The number of hydrogen-bond acceptors (Lipinski definition) is 10. The van der Waals surface area contributed by atoms with Gasteiger partial charge >= 0.3 is 25.9 Å². The van der Waals surface area contributed by atoms with Gasteiger partial charge in [-0.2, -0.15) is 0 Å². The lowest BCUT2D eigenvalue weighted by Gasteiger charge is -2.27. The molecule has 68 heavy (non-hydrogen) atoms. The molecular weight excluding hydrogens is 878 g/mol. The first-order valence-corrected chi connectivity index (χ1v) is 25.0. The van der Waals surface area contributed by atoms with E-state index in [2.05, 4.69) is 72.1 Å². The summed E-state index contributed by atoms with van der Waals surface area (Å²) in [6.45, 7) is 1.09. The van der Waals surface area contributed by atoms with Gasteiger partial charge in [-0.25, -0.2) is 14.2 Å². The summed E-state index contributed by atoms with van der Waals surface area (Å²) in [6, 6.07) is 45.5. The lowest BCUT2D eigenvalue weighted by Crippen LogP contribution is -2.49. The maximum atomic E-state index is 14.2. The number of nitrogens with one attached hydrogen (secondary N) is 1. The summed E-state index contributed by atoms with van der Waals surface area (Å²) < 4.78 is 47.9. The number of hydrogen-bond donors (Lipinski definition) is 1. The van der Waals surface area contributed by atoms with Gasteiger partial charge in [-0.3, -0.25) is 18.4 Å². The molecule has 7 aromatic rings. The minimum Gasteiger partial charge on any atom is -0.466 e. The quantitative estimate of drug-likeness (QED) is 0.0174. The standard InChI is InChI=1S/C56H60NO10P/c1-42(54(55(59)63-39-43-21-11-8-12-22-43)57-56(60)64-40-44-23-13-9-14-24-44)67-68(61,66-41-45-25-15-10-16-26-45)65-38-20-37-62-51(58)30-18-7-5-3-2-4-6-17-27-46-31-32-49-34-33-47-28-19-29-48-35-36-50(46)53(49)52(47)48/h8-17,19,21-29,31-36,42,54H,2-7,18,20,30,37-41H2,1H3,(H,57,60)/t42-,54+,68?/m1/s1. The van der Waals surface area contributed by atoms with E-state index in [4.69, 9.17) is 27.8 Å². The van der Waals surface area contributed by atoms with E-state index >= 15 is 0 Å². The monoisotopic (exact) mass is 937 g/mol. The molecule has 0 aromatic heterocycles. The fourth-order valence-electron chi connectivity index (χ4n) is 8.01. The van der Waals surface area contributed by atoms with E-state index in [0.717, 1.165) is 56.1 Å². The summed E-state index contributed by atoms with van der Waals surface area (Å²) in [6.07, 6.45) is 9.98. The molecule has 11 nitrogen and oxygen atoms in total. The van der Waals surface area contributed by atoms with Crippen molar-refractivity contribution in [3.05, 3.63) is 174 Å². The third-order valence-corrected chi connectivity index (χ3v) is 13.2. The molecule has 0 saturated heterocycles. The number of amides is 1. The van der Waals surface area contributed by atoms with E-state index in [1.165, 1.54) is 44.8 Å². The van der Waals surface area contributed by atoms with Crippen LogP contribution in [0.3, 0.4) is 0 Å². The van der Waals surface area contributed by atoms with Crippen LogP contribution >= 0.6 is 7.82 Å². The Bertz CT molecular complexity index is 2730. The van der Waals surface area contributed by atoms with Gasteiger partial charge in [0, 0.05) is 12.8 Å². The molecule has 1 unspecified atom stereocenters. The molecule has 7 aromatic carbocycles. The van der Waals surface area contributed by atoms with E-state index in [1.54, 1.807) is 36.4 Å². The van der Waals surface area contributed by atoms with Crippen molar-refractivity contribution in [2.24, 2.45) is 0 Å². The highest BCUT2D eigenvalue weighted by atomic mass is 31.2. The second-order valence-corrected chi connectivity index (χ2v) is 18.4. The molecule has 0 fully saturated rings. The Hall–Kier alpha value is -6.36. The topological polar surface area (TPSA) is 136 Å². The van der Waals surface area contributed by atoms with E-state index in [9.17, 15) is 18.9 Å². The Morgan fingerprint density at radius 3 is 1.81 bits per heavy atom. The number of rotatable bonds is 27. The van der Waals surface area contributed by atoms with Crippen LogP contribution in [-0.2, 0) is 61.8 Å². The van der Waals surface area contributed by atoms with Gasteiger partial charge in [-0.05, 0) is 80.8 Å². The van der Waals surface area contributed by atoms with Crippen molar-refractivity contribution in [3.8, 4) is 0 Å². The van der Waals surface area contributed by atoms with Gasteiger partial charge in [0.05, 0.1) is 25.9 Å². The van der Waals surface area contributed by atoms with Crippen molar-refractivity contribution in [1.29, 1.82) is 0 Å². The third kappa shape index (κ3) is 14.8. The van der Waals surface area contributed by atoms with Crippen LogP contribution in [0.1, 0.15) is 87.0 Å². The lowest BCUT2D eigenvalue weighted by molar-refractivity contribution is -0.150. The van der Waals surface area contributed by atoms with Crippen LogP contribution in [0, 0.1) is 0 Å². The normalized spacial score (nSPS) is 13.4. The van der Waals surface area contributed by atoms with Gasteiger partial charge in [-0.15, -0.1) is 0 Å². The second-order valence-electron chi connectivity index (χ2n) is 16.8. The number of carbonyl (C=O) groups is 3. The first-order valence-electron chi connectivity index (χ1n) is 23.5. The molecule has 1 amide bonds. The van der Waals surface area contributed by atoms with Crippen molar-refractivity contribution in [2.75, 3.05) is 13.2 Å². The number of allylic oxidation sites excluding steroid dienone is 1. The average molecular weight is 938 g/mol. The molecular formula is C56H60NO10P. The molecule has 354 valence electrons. The Morgan fingerprint density at radius 2 is 1.13 bits per heavy atom. The third-order valence-electron chi connectivity index (χ3n) is 11.6. The fraction of sp³-hybridized carbons (Fsp3) is 0.304. The first-order chi connectivity index (χ1) is 33.2. The maximum absolute atomic E-state index is 14.2. The molecule has 0 saturated carbocycles. The molecule has 1 N–H and O–H groups in total. The van der Waals surface area contributed by atoms with Gasteiger partial charge in [0.15, 0.2) is 6.04 Å². The number of phosphoric acid groups is 1. The number of carbonyl (C=O) groups excluding carboxylic acids is 3. The fourth-order valence-corrected chi connectivity index (χ4v) is 9.40. The summed E-state index contributed by atoms with van der Waals surface area (Å²) in [5, 5.41) is 10.3. The van der Waals surface area contributed by atoms with Crippen LogP contribution in [0.15, 0.2) is 152 Å². The van der Waals surface area contributed by atoms with Gasteiger partial charge in [-0.1, -0.05) is 183 Å². The highest BCUT2D eigenvalue weighted by Crippen LogP contribution is 2.52. The molecule has 0 aliphatic rings. The largest absolute Gasteiger partial charge is 0.475 e. The van der Waals surface area contributed by atoms with Crippen molar-refractivity contribution in [3.63, 3.8) is 0 Å². The molecule has 0 heterocycles. The van der Waals surface area contributed by atoms with E-state index in [0.29, 0.717) is 12.0 Å². The minimum atomic E-state index is -4.40. The summed E-state index contributed by atoms with van der Waals surface area (Å²) in [5.41, 5.74) is 3.42. The van der Waals surface area contributed by atoms with E-state index in [-0.39, 0.29) is 45.4 Å². The van der Waals surface area contributed by atoms with Gasteiger partial charge in [0.2, 0.25) is 0 Å². The molecule has 0 bridgehead atoms. The molecule has 7 rings (SSSR count). The van der Waals surface area contributed by atoms with Crippen LogP contribution in [0.4, 0.5) is 4.79 Å². The van der Waals surface area contributed by atoms with Crippen molar-refractivity contribution in [1.82, 2.24) is 5.32 Å². The second kappa shape index (κ2) is 25.7. The Labute approximate surface area is 398 Å². The Balaban J connectivity index is 0.818. The van der Waals surface area contributed by atoms with Gasteiger partial charge in [0.25, 0.3) is 0 Å². The summed E-state index contributed by atoms with van der Waals surface area (Å²) >= 11 is 0. The lowest BCUT2D eigenvalue weighted by atomic mass is 9.92. The zero-order valence-electron chi connectivity index (χ0n) is 38.6. The van der Waals surface area contributed by atoms with Gasteiger partial charge in [0.1, 0.15) is 13.2 Å². The predicted octanol–water partition coefficient (Wildman–Crippen LogP) is 13.4. The van der Waals surface area contributed by atoms with Crippen molar-refractivity contribution in [2.45, 2.75) is 96.7 Å². The number of alkyl carbamates (subject to hydrolysis) is 1. The smallest absolute Gasteiger partial charge is 0.466 e. The van der Waals surface area contributed by atoms with Crippen molar-refractivity contribution < 1.29 is 46.7 Å². The number of benzene rings is 7. The molecule has 12 heteroatoms. The minimum absolute atomic E-state index is 0.0401. The highest BCUT2D eigenvalue weighted by molar-refractivity contribution is 7.48. The van der Waals surface area contributed by atoms with Crippen LogP contribution in [0.2, 0.25) is 0 Å². The van der Waals surface area contributed by atoms with Crippen LogP contribution < -0.4 is 5.32 Å². The SMILES string of the molecule is C[C@@H](OP(=O)(OCCCOC(=O)CCCCCCCCC=Cc1ccc2ccc3cccc4ccc1c2c34)OCc1ccccc1)[C@H](NC(=O)OCc1ccccc1)C(=O)OCc1ccccc1. The number of phosphoric ester groups is 1. The van der Waals surface area contributed by atoms with Crippen molar-refractivity contribution >= 4 is 64.2 Å². The maximum Gasteiger partial charge on any atom is 0.475 e. The Kier molecular flexibility index (Phi) is 18.7. The summed E-state index contributed by atoms with van der Waals surface area (Å²) in [4.78, 5) is 39.0. The number of unbranched alkanes of at least 4 members (excludes halogenated alkanes) is 6. The van der Waals surface area contributed by atoms with E-state index < -0.39 is 32.0 Å². The van der Waals surface area contributed by atoms with Crippen LogP contribution in [0.5, 0.6) is 0 Å². The zero-order chi connectivity index (χ0) is 47.4. The summed E-state index contributed by atoms with van der Waals surface area (Å²) in [5.74, 6) is -1.16. The number of ether oxygens (including phenoxy) is 3.